The highest BCUT2D eigenvalue weighted by Crippen LogP contribution is 2.27. The third-order valence-electron chi connectivity index (χ3n) is 3.16. The maximum absolute atomic E-state index is 11.7. The maximum atomic E-state index is 11.7. The molecule has 0 heterocycles. The largest absolute Gasteiger partial charge is 0.383 e. The highest BCUT2D eigenvalue weighted by atomic mass is 16.5. The molecule has 0 bridgehead atoms. The Kier molecular flexibility index (Phi) is 5.65. The number of nitrogens with one attached hydrogen (secondary N) is 1. The van der Waals surface area contributed by atoms with E-state index in [-0.39, 0.29) is 11.8 Å². The van der Waals surface area contributed by atoms with Crippen LogP contribution in [-0.2, 0) is 9.53 Å². The first kappa shape index (κ1) is 12.5. The van der Waals surface area contributed by atoms with Gasteiger partial charge >= 0.3 is 0 Å². The van der Waals surface area contributed by atoms with Gasteiger partial charge in [-0.15, -0.1) is 0 Å². The first-order chi connectivity index (χ1) is 7.27. The summed E-state index contributed by atoms with van der Waals surface area (Å²) in [5, 5.41) is 2.89. The Bertz CT molecular complexity index is 189. The van der Waals surface area contributed by atoms with Crippen molar-refractivity contribution in [2.24, 2.45) is 17.6 Å². The van der Waals surface area contributed by atoms with E-state index in [0.29, 0.717) is 19.1 Å². The van der Waals surface area contributed by atoms with Crippen LogP contribution >= 0.6 is 0 Å². The highest BCUT2D eigenvalue weighted by Gasteiger charge is 2.25. The van der Waals surface area contributed by atoms with E-state index in [1.807, 2.05) is 0 Å². The summed E-state index contributed by atoms with van der Waals surface area (Å²) in [4.78, 5) is 11.7. The Morgan fingerprint density at radius 1 is 1.40 bits per heavy atom. The summed E-state index contributed by atoms with van der Waals surface area (Å²) in [7, 11) is 1.64. The molecule has 0 aliphatic heterocycles. The molecule has 0 aromatic heterocycles. The molecule has 88 valence electrons. The van der Waals surface area contributed by atoms with E-state index in [1.165, 1.54) is 0 Å². The van der Waals surface area contributed by atoms with Gasteiger partial charge in [0, 0.05) is 19.6 Å². The van der Waals surface area contributed by atoms with Crippen LogP contribution in [0.5, 0.6) is 0 Å². The van der Waals surface area contributed by atoms with Crippen LogP contribution in [0.4, 0.5) is 0 Å². The normalized spacial score (nSPS) is 26.3. The molecule has 4 heteroatoms. The molecule has 1 amide bonds. The second-order valence-electron chi connectivity index (χ2n) is 4.24. The average molecular weight is 214 g/mol. The minimum absolute atomic E-state index is 0.183. The van der Waals surface area contributed by atoms with E-state index < -0.39 is 0 Å². The molecule has 0 atom stereocenters. The van der Waals surface area contributed by atoms with Crippen molar-refractivity contribution in [3.8, 4) is 0 Å². The van der Waals surface area contributed by atoms with Crippen molar-refractivity contribution in [2.75, 3.05) is 26.8 Å². The Labute approximate surface area is 91.5 Å². The molecule has 1 aliphatic carbocycles. The molecule has 1 saturated carbocycles. The smallest absolute Gasteiger partial charge is 0.223 e. The molecule has 0 saturated heterocycles. The first-order valence-electron chi connectivity index (χ1n) is 5.74. The third kappa shape index (κ3) is 4.18. The summed E-state index contributed by atoms with van der Waals surface area (Å²) in [6, 6.07) is 0. The van der Waals surface area contributed by atoms with Crippen LogP contribution in [0.1, 0.15) is 25.7 Å². The van der Waals surface area contributed by atoms with E-state index in [9.17, 15) is 4.79 Å². The fraction of sp³-hybridized carbons (Fsp3) is 0.909. The SMILES string of the molecule is COCCNC(=O)C1CCC(CN)CC1. The molecular weight excluding hydrogens is 192 g/mol. The molecule has 15 heavy (non-hydrogen) atoms. The number of hydrogen-bond donors (Lipinski definition) is 2. The van der Waals surface area contributed by atoms with Gasteiger partial charge in [0.2, 0.25) is 5.91 Å². The molecular formula is C11H22N2O2. The Hall–Kier alpha value is -0.610. The van der Waals surface area contributed by atoms with Crippen LogP contribution in [0, 0.1) is 11.8 Å². The van der Waals surface area contributed by atoms with Crippen molar-refractivity contribution in [1.82, 2.24) is 5.32 Å². The lowest BCUT2D eigenvalue weighted by molar-refractivity contribution is -0.126. The van der Waals surface area contributed by atoms with Gasteiger partial charge in [0.05, 0.1) is 6.61 Å². The van der Waals surface area contributed by atoms with E-state index in [0.717, 1.165) is 32.2 Å². The second kappa shape index (κ2) is 6.80. The summed E-state index contributed by atoms with van der Waals surface area (Å²) >= 11 is 0. The maximum Gasteiger partial charge on any atom is 0.223 e. The number of ether oxygens (including phenoxy) is 1. The monoisotopic (exact) mass is 214 g/mol. The minimum atomic E-state index is 0.183. The fourth-order valence-electron chi connectivity index (χ4n) is 2.08. The summed E-state index contributed by atoms with van der Waals surface area (Å²) in [6.45, 7) is 1.97. The van der Waals surface area contributed by atoms with Crippen molar-refractivity contribution in [3.63, 3.8) is 0 Å². The number of carbonyl (C=O) groups is 1. The lowest BCUT2D eigenvalue weighted by Gasteiger charge is -2.26. The quantitative estimate of drug-likeness (QED) is 0.656. The van der Waals surface area contributed by atoms with Gasteiger partial charge in [-0.1, -0.05) is 0 Å². The van der Waals surface area contributed by atoms with Crippen LogP contribution in [0.3, 0.4) is 0 Å². The van der Waals surface area contributed by atoms with Crippen molar-refractivity contribution >= 4 is 5.91 Å². The Morgan fingerprint density at radius 3 is 2.60 bits per heavy atom. The minimum Gasteiger partial charge on any atom is -0.383 e. The molecule has 0 radical (unpaired) electrons. The highest BCUT2D eigenvalue weighted by molar-refractivity contribution is 5.78. The van der Waals surface area contributed by atoms with Gasteiger partial charge < -0.3 is 15.8 Å². The van der Waals surface area contributed by atoms with Gasteiger partial charge in [-0.3, -0.25) is 4.79 Å². The van der Waals surface area contributed by atoms with Crippen LogP contribution in [0.25, 0.3) is 0 Å². The number of nitrogens with two attached hydrogens (primary N) is 1. The molecule has 0 spiro atoms. The zero-order chi connectivity index (χ0) is 11.1. The van der Waals surface area contributed by atoms with Crippen LogP contribution < -0.4 is 11.1 Å². The molecule has 1 aliphatic rings. The van der Waals surface area contributed by atoms with Gasteiger partial charge in [0.15, 0.2) is 0 Å². The number of amides is 1. The fourth-order valence-corrected chi connectivity index (χ4v) is 2.08. The lowest BCUT2D eigenvalue weighted by atomic mass is 9.81. The number of carbonyl (C=O) groups excluding carboxylic acids is 1. The van der Waals surface area contributed by atoms with Crippen molar-refractivity contribution in [3.05, 3.63) is 0 Å². The number of rotatable bonds is 5. The lowest BCUT2D eigenvalue weighted by Crippen LogP contribution is -2.35. The van der Waals surface area contributed by atoms with Crippen LogP contribution in [-0.4, -0.2) is 32.7 Å². The van der Waals surface area contributed by atoms with Crippen molar-refractivity contribution in [1.29, 1.82) is 0 Å². The molecule has 0 unspecified atom stereocenters. The molecule has 1 rings (SSSR count). The predicted molar refractivity (Wildman–Crippen MR) is 59.4 cm³/mol. The third-order valence-corrected chi connectivity index (χ3v) is 3.16. The molecule has 3 N–H and O–H groups in total. The average Bonchev–Trinajstić information content (AvgIpc) is 2.29. The number of methoxy groups -OCH3 is 1. The molecule has 4 nitrogen and oxygen atoms in total. The van der Waals surface area contributed by atoms with Gasteiger partial charge in [-0.25, -0.2) is 0 Å². The van der Waals surface area contributed by atoms with E-state index in [2.05, 4.69) is 5.32 Å². The van der Waals surface area contributed by atoms with Crippen molar-refractivity contribution in [2.45, 2.75) is 25.7 Å². The molecule has 0 aromatic rings. The Morgan fingerprint density at radius 2 is 2.07 bits per heavy atom. The van der Waals surface area contributed by atoms with E-state index in [4.69, 9.17) is 10.5 Å². The van der Waals surface area contributed by atoms with Crippen LogP contribution in [0.15, 0.2) is 0 Å². The first-order valence-corrected chi connectivity index (χ1v) is 5.74. The summed E-state index contributed by atoms with van der Waals surface area (Å²) < 4.78 is 4.88. The Balaban J connectivity index is 2.18. The van der Waals surface area contributed by atoms with Gasteiger partial charge in [0.25, 0.3) is 0 Å². The zero-order valence-electron chi connectivity index (χ0n) is 9.50. The second-order valence-corrected chi connectivity index (χ2v) is 4.24. The van der Waals surface area contributed by atoms with Crippen molar-refractivity contribution < 1.29 is 9.53 Å². The van der Waals surface area contributed by atoms with E-state index >= 15 is 0 Å². The molecule has 0 aromatic carbocycles. The zero-order valence-corrected chi connectivity index (χ0v) is 9.50. The predicted octanol–water partition coefficient (Wildman–Crippen LogP) is 0.514. The van der Waals surface area contributed by atoms with Crippen LogP contribution in [0.2, 0.25) is 0 Å². The topological polar surface area (TPSA) is 64.3 Å². The molecule has 1 fully saturated rings. The summed E-state index contributed by atoms with van der Waals surface area (Å²) in [6.07, 6.45) is 4.17. The van der Waals surface area contributed by atoms with Gasteiger partial charge in [0.1, 0.15) is 0 Å². The summed E-state index contributed by atoms with van der Waals surface area (Å²) in [5.74, 6) is 1.01. The standard InChI is InChI=1S/C11H22N2O2/c1-15-7-6-13-11(14)10-4-2-9(8-12)3-5-10/h9-10H,2-8,12H2,1H3,(H,13,14). The van der Waals surface area contributed by atoms with E-state index in [1.54, 1.807) is 7.11 Å². The van der Waals surface area contributed by atoms with Gasteiger partial charge in [-0.2, -0.15) is 0 Å². The van der Waals surface area contributed by atoms with Gasteiger partial charge in [-0.05, 0) is 38.1 Å². The number of hydrogen-bond acceptors (Lipinski definition) is 3. The summed E-state index contributed by atoms with van der Waals surface area (Å²) in [5.41, 5.74) is 5.61.